The van der Waals surface area contributed by atoms with Crippen LogP contribution in [-0.4, -0.2) is 18.0 Å². The summed E-state index contributed by atoms with van der Waals surface area (Å²) >= 11 is 6.02. The summed E-state index contributed by atoms with van der Waals surface area (Å²) in [6.45, 7) is 1.58. The third-order valence-corrected chi connectivity index (χ3v) is 4.62. The van der Waals surface area contributed by atoms with Crippen LogP contribution in [0.25, 0.3) is 0 Å². The van der Waals surface area contributed by atoms with Gasteiger partial charge in [-0.15, -0.1) is 0 Å². The molecule has 0 saturated carbocycles. The van der Waals surface area contributed by atoms with E-state index in [1.54, 1.807) is 6.92 Å². The molecule has 0 bridgehead atoms. The van der Waals surface area contributed by atoms with Crippen LogP contribution in [0.3, 0.4) is 0 Å². The molecule has 5 nitrogen and oxygen atoms in total. The van der Waals surface area contributed by atoms with Crippen molar-refractivity contribution in [3.8, 4) is 5.88 Å². The molecule has 1 amide bonds. The number of alkyl halides is 3. The maximum Gasteiger partial charge on any atom is 0.416 e. The molecular formula is C21H16ClF4N3O2. The zero-order valence-corrected chi connectivity index (χ0v) is 17.0. The molecular weight excluding hydrogens is 438 g/mol. The van der Waals surface area contributed by atoms with Gasteiger partial charge in [0, 0.05) is 11.8 Å². The van der Waals surface area contributed by atoms with Gasteiger partial charge in [-0.1, -0.05) is 11.6 Å². The lowest BCUT2D eigenvalue weighted by atomic mass is 10.1. The van der Waals surface area contributed by atoms with Crippen molar-refractivity contribution < 1.29 is 27.1 Å². The maximum absolute atomic E-state index is 13.4. The lowest BCUT2D eigenvalue weighted by molar-refractivity contribution is -0.137. The Kier molecular flexibility index (Phi) is 6.35. The molecule has 10 heteroatoms. The molecule has 0 atom stereocenters. The Labute approximate surface area is 180 Å². The molecule has 0 unspecified atom stereocenters. The molecule has 162 valence electrons. The number of carbonyl (C=O) groups excluding carboxylic acids is 1. The van der Waals surface area contributed by atoms with Crippen LogP contribution in [0.2, 0.25) is 5.15 Å². The van der Waals surface area contributed by atoms with Crippen molar-refractivity contribution in [1.82, 2.24) is 4.98 Å². The summed E-state index contributed by atoms with van der Waals surface area (Å²) in [6.07, 6.45) is -4.62. The fourth-order valence-electron chi connectivity index (χ4n) is 2.75. The summed E-state index contributed by atoms with van der Waals surface area (Å²) in [5, 5.41) is 5.25. The summed E-state index contributed by atoms with van der Waals surface area (Å²) in [5.74, 6) is -0.983. The number of anilines is 3. The third kappa shape index (κ3) is 5.24. The summed E-state index contributed by atoms with van der Waals surface area (Å²) in [6, 6.07) is 9.32. The number of benzene rings is 2. The van der Waals surface area contributed by atoms with Crippen LogP contribution in [0.15, 0.2) is 48.5 Å². The number of aryl methyl sites for hydroxylation is 1. The number of hydrogen-bond donors (Lipinski definition) is 2. The molecule has 0 aliphatic rings. The standard InChI is InChI=1S/C21H16ClF4N3O2/c1-11-9-13(23)4-6-15(11)27-17-10-12(21(24,25)26)3-5-14(17)20(30)28-16-7-8-18(31-2)29-19(16)22/h3-10,27H,1-2H3,(H,28,30). The van der Waals surface area contributed by atoms with E-state index >= 15 is 0 Å². The molecule has 2 N–H and O–H groups in total. The predicted octanol–water partition coefficient (Wildman–Crippen LogP) is 6.21. The molecule has 0 aliphatic carbocycles. The van der Waals surface area contributed by atoms with E-state index in [4.69, 9.17) is 16.3 Å². The second kappa shape index (κ2) is 8.81. The van der Waals surface area contributed by atoms with Crippen molar-refractivity contribution >= 4 is 34.6 Å². The quantitative estimate of drug-likeness (QED) is 0.356. The molecule has 0 radical (unpaired) electrons. The fourth-order valence-corrected chi connectivity index (χ4v) is 2.94. The number of pyridine rings is 1. The Morgan fingerprint density at radius 3 is 2.35 bits per heavy atom. The van der Waals surface area contributed by atoms with Crippen molar-refractivity contribution in [2.24, 2.45) is 0 Å². The first-order valence-electron chi connectivity index (χ1n) is 8.85. The lowest BCUT2D eigenvalue weighted by Crippen LogP contribution is -2.16. The average Bonchev–Trinajstić information content (AvgIpc) is 2.70. The number of aromatic nitrogens is 1. The second-order valence-corrected chi connectivity index (χ2v) is 6.85. The van der Waals surface area contributed by atoms with E-state index < -0.39 is 23.5 Å². The van der Waals surface area contributed by atoms with Gasteiger partial charge in [-0.3, -0.25) is 4.79 Å². The predicted molar refractivity (Wildman–Crippen MR) is 110 cm³/mol. The Hall–Kier alpha value is -3.33. The van der Waals surface area contributed by atoms with E-state index in [-0.39, 0.29) is 28.0 Å². The smallest absolute Gasteiger partial charge is 0.416 e. The number of nitrogens with one attached hydrogen (secondary N) is 2. The largest absolute Gasteiger partial charge is 0.481 e. The number of halogens is 5. The summed E-state index contributed by atoms with van der Waals surface area (Å²) in [5.41, 5.74) is -0.194. The van der Waals surface area contributed by atoms with E-state index in [0.717, 1.165) is 24.3 Å². The number of nitrogens with zero attached hydrogens (tertiary/aromatic N) is 1. The maximum atomic E-state index is 13.4. The highest BCUT2D eigenvalue weighted by Crippen LogP contribution is 2.34. The van der Waals surface area contributed by atoms with Crippen LogP contribution >= 0.6 is 11.6 Å². The van der Waals surface area contributed by atoms with Gasteiger partial charge >= 0.3 is 6.18 Å². The molecule has 31 heavy (non-hydrogen) atoms. The Bertz CT molecular complexity index is 1140. The van der Waals surface area contributed by atoms with Gasteiger partial charge in [0.05, 0.1) is 29.6 Å². The normalized spacial score (nSPS) is 11.2. The van der Waals surface area contributed by atoms with Gasteiger partial charge in [-0.25, -0.2) is 4.39 Å². The van der Waals surface area contributed by atoms with Gasteiger partial charge in [0.2, 0.25) is 5.88 Å². The van der Waals surface area contributed by atoms with Crippen LogP contribution in [0.5, 0.6) is 5.88 Å². The number of ether oxygens (including phenoxy) is 1. The fraction of sp³-hybridized carbons (Fsp3) is 0.143. The van der Waals surface area contributed by atoms with Crippen molar-refractivity contribution in [2.45, 2.75) is 13.1 Å². The minimum Gasteiger partial charge on any atom is -0.481 e. The number of carbonyl (C=O) groups is 1. The van der Waals surface area contributed by atoms with Crippen LogP contribution in [0, 0.1) is 12.7 Å². The minimum absolute atomic E-state index is 0.0523. The van der Waals surface area contributed by atoms with Crippen LogP contribution in [0.4, 0.5) is 34.6 Å². The molecule has 0 spiro atoms. The average molecular weight is 454 g/mol. The highest BCUT2D eigenvalue weighted by Gasteiger charge is 2.31. The molecule has 0 aliphatic heterocycles. The number of rotatable bonds is 5. The summed E-state index contributed by atoms with van der Waals surface area (Å²) in [7, 11) is 1.40. The van der Waals surface area contributed by atoms with E-state index in [9.17, 15) is 22.4 Å². The zero-order chi connectivity index (χ0) is 22.8. The molecule has 0 fully saturated rings. The SMILES string of the molecule is COc1ccc(NC(=O)c2ccc(C(F)(F)F)cc2Nc2ccc(F)cc2C)c(Cl)n1. The molecule has 0 saturated heterocycles. The number of methoxy groups -OCH3 is 1. The Morgan fingerprint density at radius 2 is 1.74 bits per heavy atom. The molecule has 3 aromatic rings. The Morgan fingerprint density at radius 1 is 1.03 bits per heavy atom. The van der Waals surface area contributed by atoms with Crippen LogP contribution in [0.1, 0.15) is 21.5 Å². The highest BCUT2D eigenvalue weighted by atomic mass is 35.5. The summed E-state index contributed by atoms with van der Waals surface area (Å²) in [4.78, 5) is 16.7. The van der Waals surface area contributed by atoms with Gasteiger partial charge in [0.15, 0.2) is 5.15 Å². The van der Waals surface area contributed by atoms with Gasteiger partial charge < -0.3 is 15.4 Å². The van der Waals surface area contributed by atoms with E-state index in [1.165, 1.54) is 31.4 Å². The van der Waals surface area contributed by atoms with Crippen molar-refractivity contribution in [3.05, 3.63) is 76.2 Å². The minimum atomic E-state index is -4.62. The highest BCUT2D eigenvalue weighted by molar-refractivity contribution is 6.32. The van der Waals surface area contributed by atoms with Gasteiger partial charge in [0.25, 0.3) is 5.91 Å². The monoisotopic (exact) mass is 453 g/mol. The van der Waals surface area contributed by atoms with Crippen molar-refractivity contribution in [1.29, 1.82) is 0 Å². The third-order valence-electron chi connectivity index (χ3n) is 4.33. The number of amides is 1. The topological polar surface area (TPSA) is 63.2 Å². The molecule has 3 rings (SSSR count). The van der Waals surface area contributed by atoms with Crippen molar-refractivity contribution in [3.63, 3.8) is 0 Å². The Balaban J connectivity index is 1.99. The lowest BCUT2D eigenvalue weighted by Gasteiger charge is -2.17. The van der Waals surface area contributed by atoms with Crippen LogP contribution in [-0.2, 0) is 6.18 Å². The second-order valence-electron chi connectivity index (χ2n) is 6.49. The zero-order valence-electron chi connectivity index (χ0n) is 16.3. The molecule has 1 heterocycles. The van der Waals surface area contributed by atoms with E-state index in [0.29, 0.717) is 11.3 Å². The molecule has 1 aromatic heterocycles. The van der Waals surface area contributed by atoms with Gasteiger partial charge in [-0.05, 0) is 55.0 Å². The van der Waals surface area contributed by atoms with Gasteiger partial charge in [0.1, 0.15) is 5.82 Å². The molecule has 2 aromatic carbocycles. The van der Waals surface area contributed by atoms with Gasteiger partial charge in [-0.2, -0.15) is 18.2 Å². The van der Waals surface area contributed by atoms with Crippen LogP contribution < -0.4 is 15.4 Å². The summed E-state index contributed by atoms with van der Waals surface area (Å²) < 4.78 is 58.0. The first-order chi connectivity index (χ1) is 14.6. The number of hydrogen-bond acceptors (Lipinski definition) is 4. The first-order valence-corrected chi connectivity index (χ1v) is 9.22. The first kappa shape index (κ1) is 22.4. The van der Waals surface area contributed by atoms with E-state index in [1.807, 2.05) is 0 Å². The van der Waals surface area contributed by atoms with Crippen molar-refractivity contribution in [2.75, 3.05) is 17.7 Å². The van der Waals surface area contributed by atoms with E-state index in [2.05, 4.69) is 15.6 Å².